The Morgan fingerprint density at radius 2 is 1.45 bits per heavy atom. The van der Waals surface area contributed by atoms with E-state index in [9.17, 15) is 4.79 Å². The summed E-state index contributed by atoms with van der Waals surface area (Å²) in [4.78, 5) is 13.7. The summed E-state index contributed by atoms with van der Waals surface area (Å²) in [7, 11) is -1.68. The topological polar surface area (TPSA) is 47.9 Å². The fourth-order valence-electron chi connectivity index (χ4n) is 2.13. The van der Waals surface area contributed by atoms with Crippen molar-refractivity contribution in [3.63, 3.8) is 0 Å². The molecule has 115 valence electrons. The molecule has 0 bridgehead atoms. The normalized spacial score (nSPS) is 13.2. The Labute approximate surface area is 130 Å². The van der Waals surface area contributed by atoms with E-state index in [0.29, 0.717) is 6.54 Å². The lowest BCUT2D eigenvalue weighted by molar-refractivity contribution is 0.532. The fourth-order valence-corrected chi connectivity index (χ4v) is 15.2. The summed E-state index contributed by atoms with van der Waals surface area (Å²) in [5.74, 6) is 0. The minimum atomic E-state index is -1.66. The second-order valence-electron chi connectivity index (χ2n) is 7.06. The number of isocyanates is 1. The summed E-state index contributed by atoms with van der Waals surface area (Å²) in [6.45, 7) is 14.1. The number of hydrogen-bond donors (Lipinski definition) is 0. The molecule has 0 aliphatic heterocycles. The minimum absolute atomic E-state index is 0.572. The van der Waals surface area contributed by atoms with Crippen LogP contribution in [0.3, 0.4) is 0 Å². The van der Waals surface area contributed by atoms with E-state index in [-0.39, 0.29) is 0 Å². The average Bonchev–Trinajstić information content (AvgIpc) is 2.31. The van der Waals surface area contributed by atoms with E-state index in [0.717, 1.165) is 24.6 Å². The first-order valence-electron chi connectivity index (χ1n) is 7.12. The molecule has 0 saturated carbocycles. The first-order chi connectivity index (χ1) is 9.04. The van der Waals surface area contributed by atoms with Crippen LogP contribution in [-0.2, 0) is 13.0 Å². The van der Waals surface area contributed by atoms with E-state index in [4.69, 9.17) is 8.23 Å². The fraction of sp³-hybridized carbons (Fsp3) is 0.917. The van der Waals surface area contributed by atoms with Gasteiger partial charge in [-0.05, 0) is 63.8 Å². The second kappa shape index (κ2) is 8.57. The molecule has 0 amide bonds. The molecule has 0 aliphatic rings. The first-order valence-corrected chi connectivity index (χ1v) is 16.9. The lowest BCUT2D eigenvalue weighted by atomic mass is 10.5. The molecule has 0 aromatic heterocycles. The highest BCUT2D eigenvalue weighted by atomic mass is 28.4. The lowest BCUT2D eigenvalue weighted by Gasteiger charge is -2.35. The van der Waals surface area contributed by atoms with Gasteiger partial charge in [-0.15, -0.1) is 0 Å². The van der Waals surface area contributed by atoms with Crippen LogP contribution in [0.5, 0.6) is 0 Å². The molecule has 0 rings (SSSR count). The van der Waals surface area contributed by atoms with E-state index >= 15 is 0 Å². The molecule has 0 aliphatic carbocycles. The zero-order valence-corrected chi connectivity index (χ0v) is 17.7. The smallest absolute Gasteiger partial charge is 0.234 e. The summed E-state index contributed by atoms with van der Waals surface area (Å²) < 4.78 is 12.0. The van der Waals surface area contributed by atoms with Gasteiger partial charge < -0.3 is 8.23 Å². The Bertz CT molecular complexity index is 342. The Hall–Kier alpha value is 0.168. The number of nitrogens with zero attached hydrogens (tertiary/aromatic N) is 1. The largest absolute Gasteiger partial charge is 0.457 e. The maximum atomic E-state index is 10.0. The van der Waals surface area contributed by atoms with Crippen molar-refractivity contribution < 1.29 is 13.0 Å². The van der Waals surface area contributed by atoms with Crippen molar-refractivity contribution in [2.75, 3.05) is 6.54 Å². The van der Waals surface area contributed by atoms with Gasteiger partial charge in [0, 0.05) is 0 Å². The van der Waals surface area contributed by atoms with E-state index < -0.39 is 25.0 Å². The molecule has 0 saturated heterocycles. The molecule has 0 unspecified atom stereocenters. The Balaban J connectivity index is 4.31. The van der Waals surface area contributed by atoms with Gasteiger partial charge in [-0.2, -0.15) is 0 Å². The van der Waals surface area contributed by atoms with Crippen LogP contribution in [0.2, 0.25) is 57.4 Å². The summed E-state index contributed by atoms with van der Waals surface area (Å²) in [5, 5.41) is 0. The van der Waals surface area contributed by atoms with Crippen molar-refractivity contribution in [2.45, 2.75) is 63.8 Å². The van der Waals surface area contributed by atoms with Crippen molar-refractivity contribution in [1.29, 1.82) is 0 Å². The van der Waals surface area contributed by atoms with Crippen LogP contribution in [0.1, 0.15) is 6.42 Å². The molecule has 0 aromatic rings. The predicted molar refractivity (Wildman–Crippen MR) is 92.4 cm³/mol. The lowest BCUT2D eigenvalue weighted by Crippen LogP contribution is -2.45. The number of rotatable bonds is 10. The standard InChI is InChI=1S/C12H28NO3Si4/c1-18(2,15-17)10-11-20(5,6)16-19(3,4)9-7-8-13-12-14/h7-11H2,1-6H3. The predicted octanol–water partition coefficient (Wildman–Crippen LogP) is 3.44. The quantitative estimate of drug-likeness (QED) is 0.263. The number of hydrogen-bond acceptors (Lipinski definition) is 4. The highest BCUT2D eigenvalue weighted by molar-refractivity contribution is 6.86. The van der Waals surface area contributed by atoms with Crippen LogP contribution in [0, 0.1) is 0 Å². The molecule has 3 radical (unpaired) electrons. The van der Waals surface area contributed by atoms with Crippen molar-refractivity contribution in [1.82, 2.24) is 0 Å². The molecule has 0 heterocycles. The second-order valence-corrected chi connectivity index (χ2v) is 20.8. The van der Waals surface area contributed by atoms with E-state index in [2.05, 4.69) is 54.8 Å². The monoisotopic (exact) mass is 346 g/mol. The molecular weight excluding hydrogens is 318 g/mol. The maximum absolute atomic E-state index is 10.0. The molecular formula is C12H28NO3Si4. The highest BCUT2D eigenvalue weighted by Gasteiger charge is 2.34. The van der Waals surface area contributed by atoms with Crippen LogP contribution >= 0.6 is 0 Å². The molecule has 0 spiro atoms. The summed E-state index contributed by atoms with van der Waals surface area (Å²) >= 11 is 0. The molecule has 0 N–H and O–H groups in total. The summed E-state index contributed by atoms with van der Waals surface area (Å²) in [5.41, 5.74) is 0. The van der Waals surface area contributed by atoms with Crippen molar-refractivity contribution in [2.24, 2.45) is 4.99 Å². The Kier molecular flexibility index (Phi) is 8.64. The van der Waals surface area contributed by atoms with Gasteiger partial charge >= 0.3 is 0 Å². The third-order valence-electron chi connectivity index (χ3n) is 3.27. The molecule has 4 nitrogen and oxygen atoms in total. The zero-order chi connectivity index (χ0) is 15.9. The van der Waals surface area contributed by atoms with Crippen LogP contribution in [0.15, 0.2) is 4.99 Å². The van der Waals surface area contributed by atoms with Crippen LogP contribution < -0.4 is 0 Å². The minimum Gasteiger partial charge on any atom is -0.457 e. The third kappa shape index (κ3) is 9.98. The average molecular weight is 347 g/mol. The Morgan fingerprint density at radius 3 is 1.95 bits per heavy atom. The van der Waals surface area contributed by atoms with Crippen molar-refractivity contribution >= 4 is 41.5 Å². The number of carbonyl (C=O) groups excluding carboxylic acids is 1. The van der Waals surface area contributed by atoms with Gasteiger partial charge in [0.1, 0.15) is 0 Å². The first kappa shape index (κ1) is 20.2. The van der Waals surface area contributed by atoms with Crippen LogP contribution in [0.4, 0.5) is 0 Å². The van der Waals surface area contributed by atoms with Gasteiger partial charge in [0.05, 0.1) is 6.54 Å². The SMILES string of the molecule is C[Si](C)(CC[Si](C)(C)O[Si](C)(C)CCCN=C=O)O[Si]. The van der Waals surface area contributed by atoms with Gasteiger partial charge in [0.15, 0.2) is 25.0 Å². The van der Waals surface area contributed by atoms with Gasteiger partial charge in [0.25, 0.3) is 0 Å². The van der Waals surface area contributed by atoms with Crippen molar-refractivity contribution in [3.8, 4) is 0 Å². The Morgan fingerprint density at radius 1 is 0.950 bits per heavy atom. The summed E-state index contributed by atoms with van der Waals surface area (Å²) in [6.07, 6.45) is 2.51. The van der Waals surface area contributed by atoms with Gasteiger partial charge in [-0.1, -0.05) is 0 Å². The van der Waals surface area contributed by atoms with Gasteiger partial charge in [0.2, 0.25) is 16.6 Å². The van der Waals surface area contributed by atoms with E-state index in [1.165, 1.54) is 0 Å². The molecule has 0 fully saturated rings. The van der Waals surface area contributed by atoms with E-state index in [1.807, 2.05) is 0 Å². The third-order valence-corrected chi connectivity index (χ3v) is 14.9. The zero-order valence-electron chi connectivity index (χ0n) is 13.7. The maximum Gasteiger partial charge on any atom is 0.234 e. The summed E-state index contributed by atoms with van der Waals surface area (Å²) in [6, 6.07) is 3.30. The van der Waals surface area contributed by atoms with Crippen molar-refractivity contribution in [3.05, 3.63) is 0 Å². The molecule has 0 aromatic carbocycles. The van der Waals surface area contributed by atoms with E-state index in [1.54, 1.807) is 6.08 Å². The highest BCUT2D eigenvalue weighted by Crippen LogP contribution is 2.26. The molecule has 0 atom stereocenters. The van der Waals surface area contributed by atoms with Crippen LogP contribution in [-0.4, -0.2) is 48.1 Å². The molecule has 20 heavy (non-hydrogen) atoms. The number of aliphatic imine (C=N–C) groups is 1. The van der Waals surface area contributed by atoms with Crippen LogP contribution in [0.25, 0.3) is 0 Å². The molecule has 8 heteroatoms. The van der Waals surface area contributed by atoms with Gasteiger partial charge in [-0.25, -0.2) is 9.79 Å². The van der Waals surface area contributed by atoms with Gasteiger partial charge in [-0.3, -0.25) is 0 Å².